The second kappa shape index (κ2) is 9.17. The van der Waals surface area contributed by atoms with E-state index in [4.69, 9.17) is 4.84 Å². The molecular formula is C23H37N3O5. The van der Waals surface area contributed by atoms with Gasteiger partial charge >= 0.3 is 5.97 Å². The molecule has 0 aromatic carbocycles. The first kappa shape index (κ1) is 23.5. The van der Waals surface area contributed by atoms with Crippen LogP contribution in [0.1, 0.15) is 91.9 Å². The Bertz CT molecular complexity index is 721. The number of carbonyl (C=O) groups excluding carboxylic acids is 4. The molecule has 2 N–H and O–H groups in total. The van der Waals surface area contributed by atoms with Crippen LogP contribution in [0.15, 0.2) is 0 Å². The Hall–Kier alpha value is -2.12. The van der Waals surface area contributed by atoms with Crippen LogP contribution < -0.4 is 10.6 Å². The zero-order chi connectivity index (χ0) is 22.8. The highest BCUT2D eigenvalue weighted by Gasteiger charge is 2.58. The third kappa shape index (κ3) is 4.88. The minimum Gasteiger partial charge on any atom is -0.353 e. The van der Waals surface area contributed by atoms with Crippen LogP contribution in [0.3, 0.4) is 0 Å². The summed E-state index contributed by atoms with van der Waals surface area (Å²) < 4.78 is 0. The lowest BCUT2D eigenvalue weighted by Gasteiger charge is -2.34. The topological polar surface area (TPSA) is 105 Å². The summed E-state index contributed by atoms with van der Waals surface area (Å²) in [6.45, 7) is 6.31. The number of amides is 3. The Labute approximate surface area is 184 Å². The lowest BCUT2D eigenvalue weighted by molar-refractivity contribution is -0.200. The molecule has 1 atom stereocenters. The average Bonchev–Trinajstić information content (AvgIpc) is 3.04. The van der Waals surface area contributed by atoms with Crippen molar-refractivity contribution in [3.05, 3.63) is 0 Å². The molecule has 1 aliphatic heterocycles. The summed E-state index contributed by atoms with van der Waals surface area (Å²) in [5.74, 6) is -3.39. The van der Waals surface area contributed by atoms with Gasteiger partial charge in [-0.15, -0.1) is 0 Å². The van der Waals surface area contributed by atoms with Crippen LogP contribution in [-0.2, 0) is 24.0 Å². The van der Waals surface area contributed by atoms with Crippen molar-refractivity contribution < 1.29 is 24.0 Å². The van der Waals surface area contributed by atoms with Crippen molar-refractivity contribution in [2.24, 2.45) is 11.3 Å². The molecule has 3 fully saturated rings. The van der Waals surface area contributed by atoms with Gasteiger partial charge in [0.05, 0.1) is 5.41 Å². The fourth-order valence-electron chi connectivity index (χ4n) is 4.85. The van der Waals surface area contributed by atoms with E-state index >= 15 is 0 Å². The average molecular weight is 436 g/mol. The Kier molecular flexibility index (Phi) is 6.96. The SMILES string of the molecule is CC(C)(C(=O)NC1CCCCC1)C1C(=O)ON(C(C)(C)C(=O)NC2CCCCC2)C1=O. The maximum absolute atomic E-state index is 13.2. The normalized spacial score (nSPS) is 24.1. The number of hydrogen-bond acceptors (Lipinski definition) is 5. The molecule has 0 radical (unpaired) electrons. The van der Waals surface area contributed by atoms with Crippen LogP contribution in [0.4, 0.5) is 0 Å². The standard InChI is InChI=1S/C23H37N3O5/c1-22(2,20(29)24-15-11-7-5-8-12-15)17-18(27)26(31-19(17)28)23(3,4)21(30)25-16-13-9-6-10-14-16/h15-17H,5-14H2,1-4H3,(H,24,29)(H,25,30). The van der Waals surface area contributed by atoms with Crippen LogP contribution in [-0.4, -0.2) is 46.4 Å². The minimum atomic E-state index is -1.37. The van der Waals surface area contributed by atoms with Gasteiger partial charge in [0.1, 0.15) is 0 Å². The van der Waals surface area contributed by atoms with Crippen molar-refractivity contribution in [2.45, 2.75) is 110 Å². The molecule has 1 unspecified atom stereocenters. The second-order valence-corrected chi connectivity index (χ2v) is 10.4. The fourth-order valence-corrected chi connectivity index (χ4v) is 4.85. The smallest absolute Gasteiger partial charge is 0.346 e. The van der Waals surface area contributed by atoms with Gasteiger partial charge in [0, 0.05) is 12.1 Å². The second-order valence-electron chi connectivity index (χ2n) is 10.4. The van der Waals surface area contributed by atoms with Crippen molar-refractivity contribution in [3.63, 3.8) is 0 Å². The molecule has 3 amide bonds. The summed E-state index contributed by atoms with van der Waals surface area (Å²) in [5.41, 5.74) is -2.65. The minimum absolute atomic E-state index is 0.0712. The molecule has 174 valence electrons. The van der Waals surface area contributed by atoms with E-state index in [0.717, 1.165) is 69.3 Å². The molecule has 2 saturated carbocycles. The predicted molar refractivity (Wildman–Crippen MR) is 114 cm³/mol. The predicted octanol–water partition coefficient (Wildman–Crippen LogP) is 2.61. The summed E-state index contributed by atoms with van der Waals surface area (Å²) >= 11 is 0. The van der Waals surface area contributed by atoms with Crippen molar-refractivity contribution in [1.29, 1.82) is 0 Å². The molecule has 8 nitrogen and oxygen atoms in total. The van der Waals surface area contributed by atoms with E-state index in [1.165, 1.54) is 0 Å². The molecule has 0 aromatic rings. The molecule has 31 heavy (non-hydrogen) atoms. The first-order chi connectivity index (χ1) is 14.5. The number of nitrogens with zero attached hydrogens (tertiary/aromatic N) is 1. The van der Waals surface area contributed by atoms with Crippen LogP contribution in [0, 0.1) is 11.3 Å². The van der Waals surface area contributed by atoms with E-state index in [-0.39, 0.29) is 23.9 Å². The zero-order valence-electron chi connectivity index (χ0n) is 19.3. The van der Waals surface area contributed by atoms with Crippen LogP contribution in [0.2, 0.25) is 0 Å². The van der Waals surface area contributed by atoms with Crippen molar-refractivity contribution in [2.75, 3.05) is 0 Å². The first-order valence-corrected chi connectivity index (χ1v) is 11.7. The van der Waals surface area contributed by atoms with E-state index in [2.05, 4.69) is 10.6 Å². The maximum atomic E-state index is 13.2. The van der Waals surface area contributed by atoms with Gasteiger partial charge in [0.15, 0.2) is 11.5 Å². The molecule has 3 aliphatic rings. The van der Waals surface area contributed by atoms with E-state index in [9.17, 15) is 19.2 Å². The highest BCUT2D eigenvalue weighted by Crippen LogP contribution is 2.38. The monoisotopic (exact) mass is 435 g/mol. The third-order valence-electron chi connectivity index (χ3n) is 7.12. The van der Waals surface area contributed by atoms with Gasteiger partial charge < -0.3 is 15.5 Å². The van der Waals surface area contributed by atoms with Gasteiger partial charge in [-0.1, -0.05) is 38.5 Å². The number of hydrogen-bond donors (Lipinski definition) is 2. The number of rotatable bonds is 6. The Balaban J connectivity index is 1.69. The zero-order valence-corrected chi connectivity index (χ0v) is 19.3. The molecular weight excluding hydrogens is 398 g/mol. The molecule has 0 spiro atoms. The van der Waals surface area contributed by atoms with Gasteiger partial charge in [-0.25, -0.2) is 4.79 Å². The Morgan fingerprint density at radius 2 is 1.26 bits per heavy atom. The largest absolute Gasteiger partial charge is 0.353 e. The summed E-state index contributed by atoms with van der Waals surface area (Å²) in [6.07, 6.45) is 10.2. The summed E-state index contributed by atoms with van der Waals surface area (Å²) in [4.78, 5) is 57.2. The van der Waals surface area contributed by atoms with Crippen molar-refractivity contribution in [1.82, 2.24) is 15.7 Å². The van der Waals surface area contributed by atoms with Crippen molar-refractivity contribution in [3.8, 4) is 0 Å². The quantitative estimate of drug-likeness (QED) is 0.624. The number of nitrogens with one attached hydrogen (secondary N) is 2. The van der Waals surface area contributed by atoms with Crippen molar-refractivity contribution >= 4 is 23.7 Å². The molecule has 1 saturated heterocycles. The summed E-state index contributed by atoms with van der Waals surface area (Å²) in [6, 6.07) is 0.143. The molecule has 0 aromatic heterocycles. The van der Waals surface area contributed by atoms with Crippen LogP contribution in [0.25, 0.3) is 0 Å². The Morgan fingerprint density at radius 1 is 0.806 bits per heavy atom. The van der Waals surface area contributed by atoms with Gasteiger partial charge in [-0.05, 0) is 53.4 Å². The van der Waals surface area contributed by atoms with Gasteiger partial charge in [-0.3, -0.25) is 14.4 Å². The summed E-state index contributed by atoms with van der Waals surface area (Å²) in [5, 5.41) is 6.88. The maximum Gasteiger partial charge on any atom is 0.346 e. The highest BCUT2D eigenvalue weighted by atomic mass is 16.7. The summed E-state index contributed by atoms with van der Waals surface area (Å²) in [7, 11) is 0. The van der Waals surface area contributed by atoms with Crippen LogP contribution in [0.5, 0.6) is 0 Å². The Morgan fingerprint density at radius 3 is 1.74 bits per heavy atom. The first-order valence-electron chi connectivity index (χ1n) is 11.7. The highest BCUT2D eigenvalue weighted by molar-refractivity contribution is 6.08. The van der Waals surface area contributed by atoms with E-state index in [1.54, 1.807) is 27.7 Å². The number of hydroxylamine groups is 2. The number of carbonyl (C=O) groups is 4. The van der Waals surface area contributed by atoms with Gasteiger partial charge in [0.2, 0.25) is 11.8 Å². The molecule has 3 rings (SSSR count). The lowest BCUT2D eigenvalue weighted by atomic mass is 9.77. The molecule has 8 heteroatoms. The molecule has 2 aliphatic carbocycles. The lowest BCUT2D eigenvalue weighted by Crippen LogP contribution is -2.58. The van der Waals surface area contributed by atoms with E-state index in [1.807, 2.05) is 0 Å². The fraction of sp³-hybridized carbons (Fsp3) is 0.826. The van der Waals surface area contributed by atoms with E-state index in [0.29, 0.717) is 0 Å². The van der Waals surface area contributed by atoms with Crippen LogP contribution >= 0.6 is 0 Å². The van der Waals surface area contributed by atoms with Gasteiger partial charge in [-0.2, -0.15) is 5.06 Å². The molecule has 1 heterocycles. The molecule has 0 bridgehead atoms. The van der Waals surface area contributed by atoms with E-state index < -0.39 is 28.7 Å². The van der Waals surface area contributed by atoms with Gasteiger partial charge in [0.25, 0.3) is 5.91 Å². The third-order valence-corrected chi connectivity index (χ3v) is 7.12.